The van der Waals surface area contributed by atoms with E-state index in [0.29, 0.717) is 13.0 Å². The van der Waals surface area contributed by atoms with Crippen LogP contribution in [0.3, 0.4) is 0 Å². The number of carbonyl (C=O) groups is 1. The fraction of sp³-hybridized carbons (Fsp3) is 0.308. The van der Waals surface area contributed by atoms with E-state index < -0.39 is 0 Å². The summed E-state index contributed by atoms with van der Waals surface area (Å²) >= 11 is 0. The van der Waals surface area contributed by atoms with Crippen molar-refractivity contribution in [2.45, 2.75) is 6.42 Å². The zero-order valence-corrected chi connectivity index (χ0v) is 9.81. The molecule has 0 aliphatic rings. The first-order valence-corrected chi connectivity index (χ1v) is 5.32. The van der Waals surface area contributed by atoms with Gasteiger partial charge < -0.3 is 10.6 Å². The summed E-state index contributed by atoms with van der Waals surface area (Å²) in [5, 5.41) is 0. The summed E-state index contributed by atoms with van der Waals surface area (Å²) in [6.07, 6.45) is 3.82. The van der Waals surface area contributed by atoms with Gasteiger partial charge in [0.15, 0.2) is 5.78 Å². The molecule has 0 spiro atoms. The minimum atomic E-state index is 0.0674. The number of carbonyl (C=O) groups excluding carboxylic acids is 1. The summed E-state index contributed by atoms with van der Waals surface area (Å²) in [6, 6.07) is 8.01. The van der Waals surface area contributed by atoms with Gasteiger partial charge in [-0.05, 0) is 30.3 Å². The molecule has 0 bridgehead atoms. The lowest BCUT2D eigenvalue weighted by molar-refractivity contribution is -0.114. The monoisotopic (exact) mass is 218 g/mol. The molecule has 0 aromatic heterocycles. The Morgan fingerprint density at radius 1 is 1.44 bits per heavy atom. The fourth-order valence-corrected chi connectivity index (χ4v) is 1.32. The molecule has 0 heterocycles. The van der Waals surface area contributed by atoms with Crippen LogP contribution >= 0.6 is 0 Å². The zero-order chi connectivity index (χ0) is 12.0. The number of nitrogens with two attached hydrogens (primary N) is 1. The molecule has 0 saturated heterocycles. The number of anilines is 1. The summed E-state index contributed by atoms with van der Waals surface area (Å²) in [4.78, 5) is 13.3. The lowest BCUT2D eigenvalue weighted by Gasteiger charge is -2.12. The first-order valence-electron chi connectivity index (χ1n) is 5.32. The van der Waals surface area contributed by atoms with Crippen molar-refractivity contribution in [3.05, 3.63) is 35.9 Å². The molecule has 0 fully saturated rings. The van der Waals surface area contributed by atoms with Crippen LogP contribution in [0.5, 0.6) is 0 Å². The van der Waals surface area contributed by atoms with Crippen molar-refractivity contribution in [2.24, 2.45) is 5.73 Å². The molecule has 86 valence electrons. The van der Waals surface area contributed by atoms with E-state index in [1.54, 1.807) is 6.08 Å². The van der Waals surface area contributed by atoms with Crippen LogP contribution in [0.25, 0.3) is 6.08 Å². The van der Waals surface area contributed by atoms with E-state index in [9.17, 15) is 4.79 Å². The Kier molecular flexibility index (Phi) is 4.73. The molecule has 1 rings (SSSR count). The predicted molar refractivity (Wildman–Crippen MR) is 68.5 cm³/mol. The molecule has 1 aromatic carbocycles. The number of nitrogens with zero attached hydrogens (tertiary/aromatic N) is 1. The van der Waals surface area contributed by atoms with Gasteiger partial charge in [0.05, 0.1) is 0 Å². The molecule has 0 saturated carbocycles. The summed E-state index contributed by atoms with van der Waals surface area (Å²) in [6.45, 7) is 0.404. The van der Waals surface area contributed by atoms with Gasteiger partial charge in [-0.15, -0.1) is 0 Å². The number of hydrogen-bond acceptors (Lipinski definition) is 3. The number of allylic oxidation sites excluding steroid dienone is 1. The van der Waals surface area contributed by atoms with Crippen LogP contribution < -0.4 is 10.6 Å². The summed E-state index contributed by atoms with van der Waals surface area (Å²) < 4.78 is 0. The maximum Gasteiger partial charge on any atom is 0.156 e. The van der Waals surface area contributed by atoms with Crippen LogP contribution in [0, 0.1) is 0 Å². The molecule has 16 heavy (non-hydrogen) atoms. The van der Waals surface area contributed by atoms with Crippen LogP contribution in [0.2, 0.25) is 0 Å². The van der Waals surface area contributed by atoms with Gasteiger partial charge in [0.1, 0.15) is 0 Å². The van der Waals surface area contributed by atoms with Crippen LogP contribution in [0.4, 0.5) is 5.69 Å². The van der Waals surface area contributed by atoms with Crippen LogP contribution in [-0.4, -0.2) is 26.4 Å². The molecule has 0 aliphatic heterocycles. The first-order chi connectivity index (χ1) is 7.63. The molecular weight excluding hydrogens is 200 g/mol. The fourth-order valence-electron chi connectivity index (χ4n) is 1.32. The SMILES string of the molecule is CN(C)c1cccc(C=CC(=O)CCN)c1. The van der Waals surface area contributed by atoms with Gasteiger partial charge in [0.2, 0.25) is 0 Å². The minimum Gasteiger partial charge on any atom is -0.378 e. The Morgan fingerprint density at radius 3 is 2.81 bits per heavy atom. The molecule has 0 unspecified atom stereocenters. The summed E-state index contributed by atoms with van der Waals surface area (Å²) in [5.74, 6) is 0.0674. The van der Waals surface area contributed by atoms with E-state index in [1.807, 2.05) is 49.3 Å². The van der Waals surface area contributed by atoms with Crippen molar-refractivity contribution in [1.29, 1.82) is 0 Å². The average Bonchev–Trinajstić information content (AvgIpc) is 2.27. The molecule has 3 nitrogen and oxygen atoms in total. The topological polar surface area (TPSA) is 46.3 Å². The smallest absolute Gasteiger partial charge is 0.156 e. The highest BCUT2D eigenvalue weighted by Crippen LogP contribution is 2.14. The number of benzene rings is 1. The third-order valence-electron chi connectivity index (χ3n) is 2.24. The summed E-state index contributed by atoms with van der Waals surface area (Å²) in [5.41, 5.74) is 7.44. The van der Waals surface area contributed by atoms with Gasteiger partial charge in [-0.25, -0.2) is 0 Å². The van der Waals surface area contributed by atoms with Gasteiger partial charge in [-0.1, -0.05) is 18.2 Å². The second-order valence-corrected chi connectivity index (χ2v) is 3.83. The largest absolute Gasteiger partial charge is 0.378 e. The first kappa shape index (κ1) is 12.5. The molecule has 3 heteroatoms. The lowest BCUT2D eigenvalue weighted by Crippen LogP contribution is -2.08. The van der Waals surface area contributed by atoms with Crippen molar-refractivity contribution in [1.82, 2.24) is 0 Å². The highest BCUT2D eigenvalue weighted by molar-refractivity contribution is 5.93. The Hall–Kier alpha value is -1.61. The minimum absolute atomic E-state index is 0.0674. The Balaban J connectivity index is 2.74. The normalized spacial score (nSPS) is 10.7. The van der Waals surface area contributed by atoms with E-state index in [1.165, 1.54) is 0 Å². The molecule has 1 aromatic rings. The van der Waals surface area contributed by atoms with E-state index in [4.69, 9.17) is 5.73 Å². The lowest BCUT2D eigenvalue weighted by atomic mass is 10.1. The second-order valence-electron chi connectivity index (χ2n) is 3.83. The molecule has 0 aliphatic carbocycles. The van der Waals surface area contributed by atoms with Gasteiger partial charge in [0, 0.05) is 26.2 Å². The van der Waals surface area contributed by atoms with Crippen molar-refractivity contribution in [3.63, 3.8) is 0 Å². The number of hydrogen-bond donors (Lipinski definition) is 1. The third-order valence-corrected chi connectivity index (χ3v) is 2.24. The predicted octanol–water partition coefficient (Wildman–Crippen LogP) is 1.68. The van der Waals surface area contributed by atoms with Gasteiger partial charge >= 0.3 is 0 Å². The number of ketones is 1. The molecule has 0 atom stereocenters. The van der Waals surface area contributed by atoms with Crippen molar-refractivity contribution >= 4 is 17.5 Å². The Labute approximate surface area is 96.6 Å². The van der Waals surface area contributed by atoms with Gasteiger partial charge in [-0.3, -0.25) is 4.79 Å². The van der Waals surface area contributed by atoms with Gasteiger partial charge in [0.25, 0.3) is 0 Å². The Morgan fingerprint density at radius 2 is 2.19 bits per heavy atom. The highest BCUT2D eigenvalue weighted by atomic mass is 16.1. The van der Waals surface area contributed by atoms with E-state index in [2.05, 4.69) is 0 Å². The maximum atomic E-state index is 11.3. The van der Waals surface area contributed by atoms with Crippen LogP contribution in [-0.2, 0) is 4.79 Å². The summed E-state index contributed by atoms with van der Waals surface area (Å²) in [7, 11) is 3.98. The molecule has 0 radical (unpaired) electrons. The van der Waals surface area contributed by atoms with Crippen molar-refractivity contribution < 1.29 is 4.79 Å². The van der Waals surface area contributed by atoms with Gasteiger partial charge in [-0.2, -0.15) is 0 Å². The van der Waals surface area contributed by atoms with Crippen molar-refractivity contribution in [3.8, 4) is 0 Å². The number of rotatable bonds is 5. The van der Waals surface area contributed by atoms with Crippen LogP contribution in [0.1, 0.15) is 12.0 Å². The average molecular weight is 218 g/mol. The van der Waals surface area contributed by atoms with E-state index in [-0.39, 0.29) is 5.78 Å². The second kappa shape index (κ2) is 6.08. The standard InChI is InChI=1S/C13H18N2O/c1-15(2)12-5-3-4-11(10-12)6-7-13(16)8-9-14/h3-7,10H,8-9,14H2,1-2H3. The molecular formula is C13H18N2O. The third kappa shape index (κ3) is 3.87. The van der Waals surface area contributed by atoms with E-state index in [0.717, 1.165) is 11.3 Å². The maximum absolute atomic E-state index is 11.3. The molecule has 0 amide bonds. The highest BCUT2D eigenvalue weighted by Gasteiger charge is 1.96. The van der Waals surface area contributed by atoms with E-state index >= 15 is 0 Å². The van der Waals surface area contributed by atoms with Crippen molar-refractivity contribution in [2.75, 3.05) is 25.5 Å². The Bertz CT molecular complexity index is 383. The zero-order valence-electron chi connectivity index (χ0n) is 9.81. The quantitative estimate of drug-likeness (QED) is 0.765. The molecule has 2 N–H and O–H groups in total. The van der Waals surface area contributed by atoms with Crippen LogP contribution in [0.15, 0.2) is 30.3 Å².